The Labute approximate surface area is 103 Å². The summed E-state index contributed by atoms with van der Waals surface area (Å²) < 4.78 is 26.2. The van der Waals surface area contributed by atoms with Crippen LogP contribution in [0.4, 0.5) is 8.78 Å². The highest BCUT2D eigenvalue weighted by Crippen LogP contribution is 2.23. The molecule has 0 spiro atoms. The third-order valence-corrected chi connectivity index (χ3v) is 2.73. The molecule has 0 radical (unpaired) electrons. The molecule has 0 unspecified atom stereocenters. The number of aryl methyl sites for hydroxylation is 1. The lowest BCUT2D eigenvalue weighted by molar-refractivity contribution is 0.584. The number of halogens is 3. The number of benzene rings is 1. The molecule has 2 rings (SSSR count). The lowest BCUT2D eigenvalue weighted by Crippen LogP contribution is -1.92. The van der Waals surface area contributed by atoms with Gasteiger partial charge in [-0.3, -0.25) is 4.98 Å². The number of rotatable bonds is 2. The molecule has 0 aliphatic rings. The zero-order valence-electron chi connectivity index (χ0n) is 9.17. The number of nitrogens with zero attached hydrogens (tertiary/aromatic N) is 1. The summed E-state index contributed by atoms with van der Waals surface area (Å²) in [6.45, 7) is 1.83. The van der Waals surface area contributed by atoms with E-state index in [1.807, 2.05) is 13.0 Å². The largest absolute Gasteiger partial charge is 0.256 e. The topological polar surface area (TPSA) is 12.9 Å². The Balaban J connectivity index is 2.52. The Morgan fingerprint density at radius 3 is 2.29 bits per heavy atom. The molecule has 0 aliphatic carbocycles. The van der Waals surface area contributed by atoms with Crippen LogP contribution in [0.5, 0.6) is 0 Å². The average Bonchev–Trinajstić information content (AvgIpc) is 2.27. The third-order valence-electron chi connectivity index (χ3n) is 2.43. The number of hydrogen-bond donors (Lipinski definition) is 0. The van der Waals surface area contributed by atoms with Crippen LogP contribution in [0.3, 0.4) is 0 Å². The molecule has 2 aromatic rings. The van der Waals surface area contributed by atoms with Crippen molar-refractivity contribution in [3.8, 4) is 11.3 Å². The summed E-state index contributed by atoms with van der Waals surface area (Å²) in [5.74, 6) is -0.851. The summed E-state index contributed by atoms with van der Waals surface area (Å²) in [4.78, 5) is 4.18. The molecule has 0 saturated carbocycles. The first-order chi connectivity index (χ1) is 8.10. The smallest absolute Gasteiger partial charge is 0.126 e. The number of pyridine rings is 1. The van der Waals surface area contributed by atoms with Crippen LogP contribution in [0.1, 0.15) is 11.1 Å². The molecule has 0 atom stereocenters. The van der Waals surface area contributed by atoms with Crippen LogP contribution >= 0.6 is 11.6 Å². The quantitative estimate of drug-likeness (QED) is 0.735. The fourth-order valence-electron chi connectivity index (χ4n) is 1.70. The lowest BCUT2D eigenvalue weighted by atomic mass is 10.1. The van der Waals surface area contributed by atoms with E-state index in [1.165, 1.54) is 12.1 Å². The van der Waals surface area contributed by atoms with Crippen molar-refractivity contribution in [2.24, 2.45) is 0 Å². The molecular formula is C13H10ClF2N. The maximum Gasteiger partial charge on any atom is 0.126 e. The van der Waals surface area contributed by atoms with Crippen LogP contribution < -0.4 is 0 Å². The van der Waals surface area contributed by atoms with Gasteiger partial charge < -0.3 is 0 Å². The van der Waals surface area contributed by atoms with E-state index in [0.29, 0.717) is 17.1 Å². The van der Waals surface area contributed by atoms with Gasteiger partial charge in [0.05, 0.1) is 5.69 Å². The molecule has 0 saturated heterocycles. The van der Waals surface area contributed by atoms with Crippen LogP contribution in [0.25, 0.3) is 11.3 Å². The van der Waals surface area contributed by atoms with Crippen molar-refractivity contribution in [3.63, 3.8) is 0 Å². The molecule has 0 bridgehead atoms. The number of hydrogen-bond acceptors (Lipinski definition) is 1. The maximum atomic E-state index is 13.1. The number of aromatic nitrogens is 1. The fraction of sp³-hybridized carbons (Fsp3) is 0.154. The molecule has 0 fully saturated rings. The second-order valence-corrected chi connectivity index (χ2v) is 4.07. The first-order valence-corrected chi connectivity index (χ1v) is 5.61. The Morgan fingerprint density at radius 2 is 1.76 bits per heavy atom. The minimum atomic E-state index is -0.609. The maximum absolute atomic E-state index is 13.1. The highest BCUT2D eigenvalue weighted by atomic mass is 35.5. The Morgan fingerprint density at radius 1 is 1.12 bits per heavy atom. The first kappa shape index (κ1) is 12.0. The second kappa shape index (κ2) is 4.80. The van der Waals surface area contributed by atoms with Crippen molar-refractivity contribution in [2.75, 3.05) is 0 Å². The number of alkyl halides is 1. The molecule has 4 heteroatoms. The van der Waals surface area contributed by atoms with E-state index in [-0.39, 0.29) is 0 Å². The van der Waals surface area contributed by atoms with Gasteiger partial charge in [-0.25, -0.2) is 8.78 Å². The minimum absolute atomic E-state index is 0.367. The van der Waals surface area contributed by atoms with Gasteiger partial charge in [0.2, 0.25) is 0 Å². The summed E-state index contributed by atoms with van der Waals surface area (Å²) >= 11 is 5.69. The zero-order chi connectivity index (χ0) is 12.4. The predicted molar refractivity (Wildman–Crippen MR) is 63.9 cm³/mol. The third kappa shape index (κ3) is 2.61. The molecular weight excluding hydrogens is 244 g/mol. The summed E-state index contributed by atoms with van der Waals surface area (Å²) in [5.41, 5.74) is 2.72. The SMILES string of the molecule is Cc1cc(CCl)cnc1-c1cc(F)cc(F)c1. The molecule has 0 amide bonds. The van der Waals surface area contributed by atoms with Gasteiger partial charge in [0.15, 0.2) is 0 Å². The predicted octanol–water partition coefficient (Wildman–Crippen LogP) is 4.07. The highest BCUT2D eigenvalue weighted by molar-refractivity contribution is 6.17. The molecule has 17 heavy (non-hydrogen) atoms. The first-order valence-electron chi connectivity index (χ1n) is 5.08. The monoisotopic (exact) mass is 253 g/mol. The van der Waals surface area contributed by atoms with E-state index in [1.54, 1.807) is 6.20 Å². The van der Waals surface area contributed by atoms with Crippen molar-refractivity contribution >= 4 is 11.6 Å². The highest BCUT2D eigenvalue weighted by Gasteiger charge is 2.07. The van der Waals surface area contributed by atoms with E-state index >= 15 is 0 Å². The zero-order valence-corrected chi connectivity index (χ0v) is 9.93. The lowest BCUT2D eigenvalue weighted by Gasteiger charge is -2.07. The van der Waals surface area contributed by atoms with Crippen molar-refractivity contribution in [2.45, 2.75) is 12.8 Å². The van der Waals surface area contributed by atoms with Crippen molar-refractivity contribution < 1.29 is 8.78 Å². The summed E-state index contributed by atoms with van der Waals surface area (Å²) in [6.07, 6.45) is 1.61. The summed E-state index contributed by atoms with van der Waals surface area (Å²) in [7, 11) is 0. The Hall–Kier alpha value is -1.48. The van der Waals surface area contributed by atoms with E-state index in [0.717, 1.165) is 17.2 Å². The van der Waals surface area contributed by atoms with Gasteiger partial charge >= 0.3 is 0 Å². The molecule has 1 aromatic heterocycles. The van der Waals surface area contributed by atoms with Gasteiger partial charge in [0.1, 0.15) is 11.6 Å². The molecule has 88 valence electrons. The van der Waals surface area contributed by atoms with Crippen LogP contribution in [-0.4, -0.2) is 4.98 Å². The standard InChI is InChI=1S/C13H10ClF2N/c1-8-2-9(6-14)7-17-13(8)10-3-11(15)5-12(16)4-10/h2-5,7H,6H2,1H3. The van der Waals surface area contributed by atoms with Gasteiger partial charge in [-0.15, -0.1) is 11.6 Å². The summed E-state index contributed by atoms with van der Waals surface area (Å²) in [5, 5.41) is 0. The average molecular weight is 254 g/mol. The Bertz CT molecular complexity index is 535. The molecule has 1 nitrogen and oxygen atoms in total. The van der Waals surface area contributed by atoms with E-state index < -0.39 is 11.6 Å². The van der Waals surface area contributed by atoms with Crippen molar-refractivity contribution in [1.82, 2.24) is 4.98 Å². The van der Waals surface area contributed by atoms with E-state index in [2.05, 4.69) is 4.98 Å². The van der Waals surface area contributed by atoms with E-state index in [9.17, 15) is 8.78 Å². The van der Waals surface area contributed by atoms with Crippen LogP contribution in [0, 0.1) is 18.6 Å². The molecule has 0 aliphatic heterocycles. The van der Waals surface area contributed by atoms with Gasteiger partial charge in [-0.05, 0) is 30.2 Å². The van der Waals surface area contributed by atoms with Crippen LogP contribution in [0.2, 0.25) is 0 Å². The van der Waals surface area contributed by atoms with Crippen molar-refractivity contribution in [3.05, 3.63) is 53.2 Å². The van der Waals surface area contributed by atoms with Crippen LogP contribution in [-0.2, 0) is 5.88 Å². The van der Waals surface area contributed by atoms with Gasteiger partial charge in [-0.2, -0.15) is 0 Å². The summed E-state index contributed by atoms with van der Waals surface area (Å²) in [6, 6.07) is 5.22. The van der Waals surface area contributed by atoms with Gasteiger partial charge in [0, 0.05) is 23.7 Å². The fourth-order valence-corrected chi connectivity index (χ4v) is 1.84. The Kier molecular flexibility index (Phi) is 3.38. The molecule has 0 N–H and O–H groups in total. The normalized spacial score (nSPS) is 10.6. The minimum Gasteiger partial charge on any atom is -0.256 e. The molecule has 1 heterocycles. The van der Waals surface area contributed by atoms with E-state index in [4.69, 9.17) is 11.6 Å². The second-order valence-electron chi connectivity index (χ2n) is 3.80. The van der Waals surface area contributed by atoms with Gasteiger partial charge in [0.25, 0.3) is 0 Å². The van der Waals surface area contributed by atoms with Crippen LogP contribution in [0.15, 0.2) is 30.5 Å². The van der Waals surface area contributed by atoms with Gasteiger partial charge in [-0.1, -0.05) is 6.07 Å². The van der Waals surface area contributed by atoms with Crippen molar-refractivity contribution in [1.29, 1.82) is 0 Å². The molecule has 1 aromatic carbocycles.